The highest BCUT2D eigenvalue weighted by Gasteiger charge is 2.31. The van der Waals surface area contributed by atoms with Crippen molar-refractivity contribution in [3.8, 4) is 5.75 Å². The molecule has 208 valence electrons. The lowest BCUT2D eigenvalue weighted by molar-refractivity contribution is 0.0982. The molecule has 1 amide bonds. The maximum Gasteiger partial charge on any atom is 0.263 e. The van der Waals surface area contributed by atoms with Crippen LogP contribution in [0.3, 0.4) is 0 Å². The third kappa shape index (κ3) is 5.51. The summed E-state index contributed by atoms with van der Waals surface area (Å²) in [6.07, 6.45) is 3.80. The number of nitrogens with zero attached hydrogens (tertiary/aromatic N) is 4. The molecule has 5 rings (SSSR count). The number of hydrogen-bond donors (Lipinski definition) is 1. The summed E-state index contributed by atoms with van der Waals surface area (Å²) in [5, 5.41) is 8.46. The topological polar surface area (TPSA) is 139 Å². The largest absolute Gasteiger partial charge is 0.496 e. The molecule has 11 nitrogen and oxygen atoms in total. The molecule has 0 unspecified atom stereocenters. The van der Waals surface area contributed by atoms with Crippen LogP contribution < -0.4 is 14.4 Å². The van der Waals surface area contributed by atoms with Gasteiger partial charge < -0.3 is 9.64 Å². The van der Waals surface area contributed by atoms with E-state index < -0.39 is 26.0 Å². The zero-order chi connectivity index (χ0) is 27.8. The van der Waals surface area contributed by atoms with Crippen molar-refractivity contribution in [2.45, 2.75) is 48.8 Å². The van der Waals surface area contributed by atoms with E-state index in [1.807, 2.05) is 0 Å². The molecule has 3 aromatic rings. The van der Waals surface area contributed by atoms with Crippen molar-refractivity contribution in [2.24, 2.45) is 0 Å². The number of amides is 1. The number of nitrogens with one attached hydrogen (secondary N) is 1. The van der Waals surface area contributed by atoms with Crippen LogP contribution in [0.2, 0.25) is 0 Å². The minimum Gasteiger partial charge on any atom is -0.496 e. The molecule has 1 fully saturated rings. The Morgan fingerprint density at radius 2 is 1.69 bits per heavy atom. The summed E-state index contributed by atoms with van der Waals surface area (Å²) in [4.78, 5) is 15.5. The molecule has 2 aliphatic rings. The number of methoxy groups -OCH3 is 1. The lowest BCUT2D eigenvalue weighted by atomic mass is 10.0. The molecule has 3 heterocycles. The van der Waals surface area contributed by atoms with Gasteiger partial charge in [0.25, 0.3) is 15.9 Å². The normalized spacial score (nSPS) is 16.5. The lowest BCUT2D eigenvalue weighted by Crippen LogP contribution is -2.37. The Morgan fingerprint density at radius 1 is 0.949 bits per heavy atom. The maximum atomic E-state index is 13.8. The fourth-order valence-electron chi connectivity index (χ4n) is 4.88. The predicted octanol–water partition coefficient (Wildman–Crippen LogP) is 3.42. The fourth-order valence-corrected chi connectivity index (χ4v) is 8.29. The first-order valence-corrected chi connectivity index (χ1v) is 16.3. The van der Waals surface area contributed by atoms with E-state index in [2.05, 4.69) is 14.9 Å². The van der Waals surface area contributed by atoms with Crippen molar-refractivity contribution in [1.82, 2.24) is 14.5 Å². The van der Waals surface area contributed by atoms with Crippen molar-refractivity contribution in [2.75, 3.05) is 36.4 Å². The Morgan fingerprint density at radius 3 is 2.38 bits per heavy atom. The molecule has 0 bridgehead atoms. The summed E-state index contributed by atoms with van der Waals surface area (Å²) in [6.45, 7) is 3.03. The van der Waals surface area contributed by atoms with Crippen LogP contribution in [0, 0.1) is 6.92 Å². The van der Waals surface area contributed by atoms with E-state index in [-0.39, 0.29) is 26.2 Å². The van der Waals surface area contributed by atoms with E-state index in [1.165, 1.54) is 35.7 Å². The monoisotopic (exact) mass is 591 g/mol. The van der Waals surface area contributed by atoms with E-state index in [1.54, 1.807) is 24.0 Å². The van der Waals surface area contributed by atoms with E-state index in [0.29, 0.717) is 48.7 Å². The van der Waals surface area contributed by atoms with Crippen molar-refractivity contribution >= 4 is 48.1 Å². The van der Waals surface area contributed by atoms with Gasteiger partial charge in [-0.2, -0.15) is 4.31 Å². The number of hydrogen-bond acceptors (Lipinski definition) is 9. The molecule has 0 aliphatic carbocycles. The second-order valence-corrected chi connectivity index (χ2v) is 14.2. The summed E-state index contributed by atoms with van der Waals surface area (Å²) in [5.41, 5.74) is 1.40. The molecular weight excluding hydrogens is 563 g/mol. The molecule has 39 heavy (non-hydrogen) atoms. The number of carbonyl (C=O) groups is 1. The molecule has 1 N–H and O–H groups in total. The van der Waals surface area contributed by atoms with Crippen LogP contribution in [0.1, 0.15) is 46.6 Å². The highest BCUT2D eigenvalue weighted by Crippen LogP contribution is 2.34. The molecule has 14 heteroatoms. The average Bonchev–Trinajstić information content (AvgIpc) is 3.35. The molecule has 2 aromatic carbocycles. The Hall–Kier alpha value is -3.07. The standard InChI is InChI=1S/C25H29N5O6S3/c1-17-26-27-25(37-17)28-38(32,33)19-8-10-22-18(15-19)7-6-14-30(22)24(31)21-16-20(9-11-23(21)36-2)39(34,35)29-12-4-3-5-13-29/h8-11,15-16H,3-7,12-14H2,1-2H3,(H,27,28). The first-order chi connectivity index (χ1) is 18.6. The summed E-state index contributed by atoms with van der Waals surface area (Å²) < 4.78 is 61.8. The molecule has 0 spiro atoms. The molecule has 0 radical (unpaired) electrons. The van der Waals surface area contributed by atoms with Gasteiger partial charge in [0.15, 0.2) is 0 Å². The summed E-state index contributed by atoms with van der Waals surface area (Å²) in [6, 6.07) is 8.95. The van der Waals surface area contributed by atoms with Crippen LogP contribution >= 0.6 is 11.3 Å². The van der Waals surface area contributed by atoms with Gasteiger partial charge >= 0.3 is 0 Å². The number of rotatable bonds is 7. The Kier molecular flexibility index (Phi) is 7.64. The molecule has 1 aromatic heterocycles. The highest BCUT2D eigenvalue weighted by atomic mass is 32.2. The number of anilines is 2. The number of aromatic nitrogens is 2. The van der Waals surface area contributed by atoms with Crippen molar-refractivity contribution in [3.63, 3.8) is 0 Å². The third-order valence-corrected chi connectivity index (χ3v) is 10.9. The predicted molar refractivity (Wildman–Crippen MR) is 147 cm³/mol. The number of piperidine rings is 1. The first-order valence-electron chi connectivity index (χ1n) is 12.6. The Bertz CT molecular complexity index is 1610. The van der Waals surface area contributed by atoms with Crippen molar-refractivity contribution in [3.05, 3.63) is 52.5 Å². The van der Waals surface area contributed by atoms with Gasteiger partial charge in [-0.3, -0.25) is 9.52 Å². The third-order valence-electron chi connectivity index (χ3n) is 6.83. The number of fused-ring (bicyclic) bond motifs is 1. The number of carbonyl (C=O) groups excluding carboxylic acids is 1. The van der Waals surface area contributed by atoms with Gasteiger partial charge in [-0.1, -0.05) is 17.8 Å². The fraction of sp³-hybridized carbons (Fsp3) is 0.400. The van der Waals surface area contributed by atoms with Crippen LogP contribution in [0.25, 0.3) is 0 Å². The van der Waals surface area contributed by atoms with Crippen LogP contribution in [0.15, 0.2) is 46.2 Å². The van der Waals surface area contributed by atoms with Crippen LogP contribution in [-0.2, 0) is 26.5 Å². The summed E-state index contributed by atoms with van der Waals surface area (Å²) in [5.74, 6) is -0.151. The zero-order valence-electron chi connectivity index (χ0n) is 21.6. The maximum absolute atomic E-state index is 13.8. The number of ether oxygens (including phenoxy) is 1. The summed E-state index contributed by atoms with van der Waals surface area (Å²) >= 11 is 1.13. The van der Waals surface area contributed by atoms with Gasteiger partial charge in [-0.05, 0) is 74.6 Å². The lowest BCUT2D eigenvalue weighted by Gasteiger charge is -2.30. The van der Waals surface area contributed by atoms with Crippen molar-refractivity contribution < 1.29 is 26.4 Å². The van der Waals surface area contributed by atoms with Gasteiger partial charge in [-0.15, -0.1) is 10.2 Å². The molecule has 1 saturated heterocycles. The molecule has 0 saturated carbocycles. The van der Waals surface area contributed by atoms with Gasteiger partial charge in [0, 0.05) is 25.3 Å². The van der Waals surface area contributed by atoms with Gasteiger partial charge in [-0.25, -0.2) is 16.8 Å². The Balaban J connectivity index is 1.46. The second-order valence-electron chi connectivity index (χ2n) is 9.41. The van der Waals surface area contributed by atoms with E-state index >= 15 is 0 Å². The van der Waals surface area contributed by atoms with Crippen molar-refractivity contribution in [1.29, 1.82) is 0 Å². The van der Waals surface area contributed by atoms with Crippen LogP contribution in [-0.4, -0.2) is 64.0 Å². The van der Waals surface area contributed by atoms with Crippen LogP contribution in [0.5, 0.6) is 5.75 Å². The first kappa shape index (κ1) is 27.5. The van der Waals surface area contributed by atoms with Gasteiger partial charge in [0.1, 0.15) is 10.8 Å². The average molecular weight is 592 g/mol. The number of sulfonamides is 2. The van der Waals surface area contributed by atoms with Gasteiger partial charge in [0.05, 0.1) is 22.5 Å². The minimum absolute atomic E-state index is 0.0465. The Labute approximate surface area is 231 Å². The zero-order valence-corrected chi connectivity index (χ0v) is 24.0. The van der Waals surface area contributed by atoms with E-state index in [4.69, 9.17) is 4.74 Å². The molecule has 2 aliphatic heterocycles. The SMILES string of the molecule is COc1ccc(S(=O)(=O)N2CCCCC2)cc1C(=O)N1CCCc2cc(S(=O)(=O)Nc3nnc(C)s3)ccc21. The number of benzene rings is 2. The summed E-state index contributed by atoms with van der Waals surface area (Å²) in [7, 11) is -6.23. The number of aryl methyl sites for hydroxylation is 2. The van der Waals surface area contributed by atoms with Gasteiger partial charge in [0.2, 0.25) is 15.2 Å². The quantitative estimate of drug-likeness (QED) is 0.441. The smallest absolute Gasteiger partial charge is 0.263 e. The second kappa shape index (κ2) is 10.8. The van der Waals surface area contributed by atoms with E-state index in [0.717, 1.165) is 30.6 Å². The van der Waals surface area contributed by atoms with E-state index in [9.17, 15) is 21.6 Å². The highest BCUT2D eigenvalue weighted by molar-refractivity contribution is 7.93. The van der Waals surface area contributed by atoms with Crippen LogP contribution in [0.4, 0.5) is 10.8 Å². The molecule has 0 atom stereocenters. The molecular formula is C25H29N5O6S3. The minimum atomic E-state index is -3.90.